The third-order valence-electron chi connectivity index (χ3n) is 3.40. The highest BCUT2D eigenvalue weighted by Crippen LogP contribution is 2.22. The van der Waals surface area contributed by atoms with Gasteiger partial charge in [-0.1, -0.05) is 13.8 Å². The van der Waals surface area contributed by atoms with E-state index in [1.54, 1.807) is 17.7 Å². The van der Waals surface area contributed by atoms with Crippen LogP contribution in [-0.2, 0) is 6.54 Å². The van der Waals surface area contributed by atoms with E-state index in [1.807, 2.05) is 44.2 Å². The fourth-order valence-corrected chi connectivity index (χ4v) is 2.34. The smallest absolute Gasteiger partial charge is 0.262 e. The number of pyridine rings is 1. The summed E-state index contributed by atoms with van der Waals surface area (Å²) in [7, 11) is 1.62. The van der Waals surface area contributed by atoms with Crippen molar-refractivity contribution in [3.05, 3.63) is 52.3 Å². The van der Waals surface area contributed by atoms with E-state index in [1.165, 1.54) is 0 Å². The molecule has 0 radical (unpaired) electrons. The van der Waals surface area contributed by atoms with E-state index in [-0.39, 0.29) is 17.0 Å². The van der Waals surface area contributed by atoms with Crippen molar-refractivity contribution in [2.45, 2.75) is 20.4 Å². The van der Waals surface area contributed by atoms with E-state index in [0.29, 0.717) is 12.5 Å². The van der Waals surface area contributed by atoms with Crippen molar-refractivity contribution in [3.8, 4) is 17.0 Å². The minimum Gasteiger partial charge on any atom is -0.497 e. The minimum absolute atomic E-state index is 0.205. The van der Waals surface area contributed by atoms with Crippen LogP contribution in [0.4, 0.5) is 0 Å². The average Bonchev–Trinajstić information content (AvgIpc) is 2.48. The van der Waals surface area contributed by atoms with Crippen LogP contribution in [0.2, 0.25) is 0 Å². The van der Waals surface area contributed by atoms with Crippen molar-refractivity contribution < 1.29 is 4.74 Å². The van der Waals surface area contributed by atoms with Gasteiger partial charge in [0.05, 0.1) is 18.4 Å². The SMILES string of the molecule is COc1ccc(-c2ccc(C(=N)N)c(=O)n2CC(C)C)cc1. The van der Waals surface area contributed by atoms with Crippen LogP contribution in [0.25, 0.3) is 11.3 Å². The fraction of sp³-hybridized carbons (Fsp3) is 0.294. The summed E-state index contributed by atoms with van der Waals surface area (Å²) in [6, 6.07) is 11.0. The first-order chi connectivity index (χ1) is 10.4. The summed E-state index contributed by atoms with van der Waals surface area (Å²) in [6.07, 6.45) is 0. The molecule has 0 saturated carbocycles. The summed E-state index contributed by atoms with van der Waals surface area (Å²) in [5.74, 6) is 0.863. The van der Waals surface area contributed by atoms with Crippen LogP contribution < -0.4 is 16.0 Å². The lowest BCUT2D eigenvalue weighted by Gasteiger charge is -2.16. The number of hydrogen-bond donors (Lipinski definition) is 2. The van der Waals surface area contributed by atoms with Crippen molar-refractivity contribution >= 4 is 5.84 Å². The molecule has 1 heterocycles. The van der Waals surface area contributed by atoms with E-state index in [9.17, 15) is 4.79 Å². The van der Waals surface area contributed by atoms with Gasteiger partial charge in [0.25, 0.3) is 5.56 Å². The van der Waals surface area contributed by atoms with E-state index in [0.717, 1.165) is 17.0 Å². The lowest BCUT2D eigenvalue weighted by Crippen LogP contribution is -2.31. The number of nitrogen functional groups attached to an aromatic ring is 1. The minimum atomic E-state index is -0.227. The van der Waals surface area contributed by atoms with Crippen molar-refractivity contribution in [1.29, 1.82) is 5.41 Å². The number of rotatable bonds is 5. The molecule has 0 amide bonds. The molecule has 22 heavy (non-hydrogen) atoms. The maximum Gasteiger partial charge on any atom is 0.262 e. The van der Waals surface area contributed by atoms with Gasteiger partial charge in [-0.05, 0) is 47.9 Å². The molecule has 1 aromatic heterocycles. The first-order valence-electron chi connectivity index (χ1n) is 7.16. The second-order valence-corrected chi connectivity index (χ2v) is 5.58. The van der Waals surface area contributed by atoms with Crippen molar-refractivity contribution in [2.24, 2.45) is 11.7 Å². The lowest BCUT2D eigenvalue weighted by molar-refractivity contribution is 0.415. The highest BCUT2D eigenvalue weighted by Gasteiger charge is 2.13. The van der Waals surface area contributed by atoms with Gasteiger partial charge in [-0.25, -0.2) is 0 Å². The molecule has 5 nitrogen and oxygen atoms in total. The van der Waals surface area contributed by atoms with E-state index in [2.05, 4.69) is 0 Å². The Balaban J connectivity index is 2.61. The molecule has 0 atom stereocenters. The van der Waals surface area contributed by atoms with E-state index in [4.69, 9.17) is 15.9 Å². The summed E-state index contributed by atoms with van der Waals surface area (Å²) in [5.41, 5.74) is 7.24. The average molecular weight is 299 g/mol. The Kier molecular flexibility index (Phi) is 4.65. The lowest BCUT2D eigenvalue weighted by atomic mass is 10.1. The van der Waals surface area contributed by atoms with Gasteiger partial charge in [0.1, 0.15) is 11.6 Å². The number of benzene rings is 1. The predicted molar refractivity (Wildman–Crippen MR) is 88.5 cm³/mol. The van der Waals surface area contributed by atoms with Crippen molar-refractivity contribution in [2.75, 3.05) is 7.11 Å². The van der Waals surface area contributed by atoms with Crippen LogP contribution in [0.15, 0.2) is 41.2 Å². The molecule has 0 bridgehead atoms. The number of nitrogens with zero attached hydrogens (tertiary/aromatic N) is 1. The summed E-state index contributed by atoms with van der Waals surface area (Å²) < 4.78 is 6.84. The molecule has 0 saturated heterocycles. The van der Waals surface area contributed by atoms with Gasteiger partial charge in [0.2, 0.25) is 0 Å². The van der Waals surface area contributed by atoms with Crippen LogP contribution in [0.3, 0.4) is 0 Å². The van der Waals surface area contributed by atoms with Crippen LogP contribution in [0, 0.1) is 11.3 Å². The zero-order valence-electron chi connectivity index (χ0n) is 13.1. The van der Waals surface area contributed by atoms with Crippen molar-refractivity contribution in [3.63, 3.8) is 0 Å². The number of methoxy groups -OCH3 is 1. The number of amidine groups is 1. The molecule has 0 aliphatic heterocycles. The molecule has 116 valence electrons. The van der Waals surface area contributed by atoms with Gasteiger partial charge in [-0.15, -0.1) is 0 Å². The molecule has 0 unspecified atom stereocenters. The Labute approximate surface area is 129 Å². The summed E-state index contributed by atoms with van der Waals surface area (Å²) in [4.78, 5) is 12.6. The summed E-state index contributed by atoms with van der Waals surface area (Å²) in [6.45, 7) is 4.66. The summed E-state index contributed by atoms with van der Waals surface area (Å²) in [5, 5.41) is 7.53. The zero-order valence-corrected chi connectivity index (χ0v) is 13.1. The quantitative estimate of drug-likeness (QED) is 0.657. The third-order valence-corrected chi connectivity index (χ3v) is 3.40. The molecular weight excluding hydrogens is 278 g/mol. The maximum atomic E-state index is 12.6. The standard InChI is InChI=1S/C17H21N3O2/c1-11(2)10-20-15(9-8-14(16(18)19)17(20)21)12-4-6-13(22-3)7-5-12/h4-9,11H,10H2,1-3H3,(H3,18,19). The number of nitrogens with one attached hydrogen (secondary N) is 1. The topological polar surface area (TPSA) is 81.1 Å². The maximum absolute atomic E-state index is 12.6. The Hall–Kier alpha value is -2.56. The molecule has 0 spiro atoms. The van der Waals surface area contributed by atoms with E-state index >= 15 is 0 Å². The molecule has 3 N–H and O–H groups in total. The fourth-order valence-electron chi connectivity index (χ4n) is 2.34. The molecule has 0 fully saturated rings. The van der Waals surface area contributed by atoms with Crippen molar-refractivity contribution in [1.82, 2.24) is 4.57 Å². The van der Waals surface area contributed by atoms with Gasteiger partial charge >= 0.3 is 0 Å². The Morgan fingerprint density at radius 3 is 2.36 bits per heavy atom. The van der Waals surface area contributed by atoms with E-state index < -0.39 is 0 Å². The van der Waals surface area contributed by atoms with Crippen LogP contribution >= 0.6 is 0 Å². The number of nitrogens with two attached hydrogens (primary N) is 1. The van der Waals surface area contributed by atoms with Gasteiger partial charge in [0.15, 0.2) is 0 Å². The second-order valence-electron chi connectivity index (χ2n) is 5.58. The molecular formula is C17H21N3O2. The number of aromatic nitrogens is 1. The van der Waals surface area contributed by atoms with Gasteiger partial charge in [0, 0.05) is 6.54 Å². The van der Waals surface area contributed by atoms with Gasteiger partial charge < -0.3 is 15.0 Å². The van der Waals surface area contributed by atoms with Gasteiger partial charge in [-0.3, -0.25) is 10.2 Å². The Bertz CT molecular complexity index is 731. The molecule has 1 aromatic carbocycles. The van der Waals surface area contributed by atoms with Crippen LogP contribution in [0.1, 0.15) is 19.4 Å². The van der Waals surface area contributed by atoms with Gasteiger partial charge in [-0.2, -0.15) is 0 Å². The van der Waals surface area contributed by atoms with Crippen LogP contribution in [-0.4, -0.2) is 17.5 Å². The summed E-state index contributed by atoms with van der Waals surface area (Å²) >= 11 is 0. The first-order valence-corrected chi connectivity index (χ1v) is 7.16. The molecule has 2 aromatic rings. The Morgan fingerprint density at radius 1 is 1.23 bits per heavy atom. The zero-order chi connectivity index (χ0) is 16.3. The highest BCUT2D eigenvalue weighted by molar-refractivity contribution is 5.94. The predicted octanol–water partition coefficient (Wildman–Crippen LogP) is 2.46. The molecule has 0 aliphatic carbocycles. The first kappa shape index (κ1) is 15.8. The largest absolute Gasteiger partial charge is 0.497 e. The Morgan fingerprint density at radius 2 is 1.86 bits per heavy atom. The number of ether oxygens (including phenoxy) is 1. The second kappa shape index (κ2) is 6.47. The van der Waals surface area contributed by atoms with Crippen LogP contribution in [0.5, 0.6) is 5.75 Å². The third kappa shape index (κ3) is 3.19. The highest BCUT2D eigenvalue weighted by atomic mass is 16.5. The normalized spacial score (nSPS) is 10.7. The molecule has 2 rings (SSSR count). The molecule has 5 heteroatoms. The number of hydrogen-bond acceptors (Lipinski definition) is 3. The monoisotopic (exact) mass is 299 g/mol. The molecule has 0 aliphatic rings.